The Balaban J connectivity index is 2.35. The van der Waals surface area contributed by atoms with Gasteiger partial charge in [-0.25, -0.2) is 8.42 Å². The van der Waals surface area contributed by atoms with E-state index in [4.69, 9.17) is 11.5 Å². The smallest absolute Gasteiger partial charge is 0.255 e. The Labute approximate surface area is 128 Å². The standard InChI is InChI=1S/C13H19N3O3S2/c1-2-21(18,19)12-8-20-4-3-16(12)13(17)9-5-10(14)7-11(15)6-9/h5-7,12H,2-4,8,14-15H2,1H3. The van der Waals surface area contributed by atoms with Crippen molar-refractivity contribution in [2.45, 2.75) is 12.3 Å². The lowest BCUT2D eigenvalue weighted by atomic mass is 10.1. The number of carbonyl (C=O) groups is 1. The fraction of sp³-hybridized carbons (Fsp3) is 0.462. The van der Waals surface area contributed by atoms with Crippen molar-refractivity contribution in [2.75, 3.05) is 35.3 Å². The van der Waals surface area contributed by atoms with Crippen LogP contribution in [0, 0.1) is 0 Å². The molecule has 0 spiro atoms. The molecule has 1 aromatic carbocycles. The summed E-state index contributed by atoms with van der Waals surface area (Å²) in [5.74, 6) is 0.802. The van der Waals surface area contributed by atoms with Crippen molar-refractivity contribution < 1.29 is 13.2 Å². The summed E-state index contributed by atoms with van der Waals surface area (Å²) in [6, 6.07) is 4.61. The lowest BCUT2D eigenvalue weighted by molar-refractivity contribution is 0.0749. The van der Waals surface area contributed by atoms with Crippen LogP contribution in [0.3, 0.4) is 0 Å². The normalized spacial score (nSPS) is 19.5. The molecule has 1 aliphatic heterocycles. The summed E-state index contributed by atoms with van der Waals surface area (Å²) in [5, 5.41) is -0.781. The summed E-state index contributed by atoms with van der Waals surface area (Å²) in [6.07, 6.45) is 0. The van der Waals surface area contributed by atoms with Crippen molar-refractivity contribution in [3.63, 3.8) is 0 Å². The van der Waals surface area contributed by atoms with Gasteiger partial charge in [0.05, 0.1) is 0 Å². The van der Waals surface area contributed by atoms with Crippen LogP contribution in [0.25, 0.3) is 0 Å². The molecule has 2 rings (SSSR count). The third-order valence-electron chi connectivity index (χ3n) is 3.39. The van der Waals surface area contributed by atoms with E-state index in [-0.39, 0.29) is 11.7 Å². The van der Waals surface area contributed by atoms with Crippen LogP contribution in [0.5, 0.6) is 0 Å². The highest BCUT2D eigenvalue weighted by atomic mass is 32.2. The molecule has 1 atom stereocenters. The lowest BCUT2D eigenvalue weighted by Gasteiger charge is -2.34. The second-order valence-electron chi connectivity index (χ2n) is 4.87. The Morgan fingerprint density at radius 2 is 1.95 bits per heavy atom. The van der Waals surface area contributed by atoms with Gasteiger partial charge in [-0.15, -0.1) is 0 Å². The maximum absolute atomic E-state index is 12.6. The molecule has 1 fully saturated rings. The second-order valence-corrected chi connectivity index (χ2v) is 8.47. The third kappa shape index (κ3) is 3.44. The molecule has 0 radical (unpaired) electrons. The summed E-state index contributed by atoms with van der Waals surface area (Å²) >= 11 is 1.55. The topological polar surface area (TPSA) is 106 Å². The Morgan fingerprint density at radius 3 is 2.52 bits per heavy atom. The van der Waals surface area contributed by atoms with Gasteiger partial charge in [0.2, 0.25) is 0 Å². The highest BCUT2D eigenvalue weighted by molar-refractivity contribution is 8.01. The first-order valence-electron chi connectivity index (χ1n) is 6.61. The van der Waals surface area contributed by atoms with Gasteiger partial charge in [-0.2, -0.15) is 11.8 Å². The molecular formula is C13H19N3O3S2. The summed E-state index contributed by atoms with van der Waals surface area (Å²) in [7, 11) is -3.32. The molecule has 1 aliphatic rings. The van der Waals surface area contributed by atoms with E-state index in [0.717, 1.165) is 5.75 Å². The predicted octanol–water partition coefficient (Wildman–Crippen LogP) is 0.801. The monoisotopic (exact) mass is 329 g/mol. The van der Waals surface area contributed by atoms with E-state index in [1.54, 1.807) is 24.8 Å². The number of hydrogen-bond donors (Lipinski definition) is 2. The van der Waals surface area contributed by atoms with Gasteiger partial charge in [-0.3, -0.25) is 4.79 Å². The molecule has 116 valence electrons. The van der Waals surface area contributed by atoms with E-state index < -0.39 is 15.2 Å². The van der Waals surface area contributed by atoms with Gasteiger partial charge in [0, 0.05) is 40.7 Å². The number of nitrogen functional groups attached to an aromatic ring is 2. The van der Waals surface area contributed by atoms with Gasteiger partial charge in [-0.1, -0.05) is 6.92 Å². The molecule has 1 saturated heterocycles. The van der Waals surface area contributed by atoms with Crippen LogP contribution in [0.4, 0.5) is 11.4 Å². The van der Waals surface area contributed by atoms with E-state index in [9.17, 15) is 13.2 Å². The fourth-order valence-electron chi connectivity index (χ4n) is 2.27. The molecule has 1 aromatic rings. The molecule has 21 heavy (non-hydrogen) atoms. The zero-order valence-electron chi connectivity index (χ0n) is 11.8. The molecule has 0 aromatic heterocycles. The average molecular weight is 329 g/mol. The molecular weight excluding hydrogens is 310 g/mol. The number of thioether (sulfide) groups is 1. The molecule has 8 heteroatoms. The Bertz CT molecular complexity index is 626. The number of anilines is 2. The third-order valence-corrected chi connectivity index (χ3v) is 6.68. The lowest BCUT2D eigenvalue weighted by Crippen LogP contribution is -2.50. The maximum atomic E-state index is 12.6. The van der Waals surface area contributed by atoms with Crippen LogP contribution >= 0.6 is 11.8 Å². The van der Waals surface area contributed by atoms with Gasteiger partial charge < -0.3 is 16.4 Å². The van der Waals surface area contributed by atoms with Gasteiger partial charge in [0.1, 0.15) is 5.37 Å². The number of benzene rings is 1. The number of nitrogens with zero attached hydrogens (tertiary/aromatic N) is 1. The summed E-state index contributed by atoms with van der Waals surface area (Å²) in [6.45, 7) is 2.00. The molecule has 4 N–H and O–H groups in total. The molecule has 0 bridgehead atoms. The zero-order valence-corrected chi connectivity index (χ0v) is 13.4. The minimum atomic E-state index is -3.32. The molecule has 0 saturated carbocycles. The van der Waals surface area contributed by atoms with E-state index in [1.165, 1.54) is 17.0 Å². The highest BCUT2D eigenvalue weighted by Gasteiger charge is 2.36. The number of sulfone groups is 1. The van der Waals surface area contributed by atoms with E-state index in [2.05, 4.69) is 0 Å². The quantitative estimate of drug-likeness (QED) is 0.795. The van der Waals surface area contributed by atoms with Crippen molar-refractivity contribution in [1.82, 2.24) is 4.90 Å². The van der Waals surface area contributed by atoms with Crippen LogP contribution in [-0.4, -0.2) is 48.4 Å². The van der Waals surface area contributed by atoms with Crippen molar-refractivity contribution in [1.29, 1.82) is 0 Å². The SMILES string of the molecule is CCS(=O)(=O)C1CSCCN1C(=O)c1cc(N)cc(N)c1. The zero-order chi connectivity index (χ0) is 15.6. The number of nitrogens with two attached hydrogens (primary N) is 2. The van der Waals surface area contributed by atoms with Gasteiger partial charge in [0.15, 0.2) is 9.84 Å². The fourth-order valence-corrected chi connectivity index (χ4v) is 5.23. The highest BCUT2D eigenvalue weighted by Crippen LogP contribution is 2.24. The van der Waals surface area contributed by atoms with Crippen LogP contribution in [-0.2, 0) is 9.84 Å². The Kier molecular flexibility index (Phi) is 4.67. The summed E-state index contributed by atoms with van der Waals surface area (Å²) in [4.78, 5) is 14.0. The summed E-state index contributed by atoms with van der Waals surface area (Å²) in [5.41, 5.74) is 12.5. The molecule has 6 nitrogen and oxygen atoms in total. The average Bonchev–Trinajstić information content (AvgIpc) is 2.45. The maximum Gasteiger partial charge on any atom is 0.255 e. The van der Waals surface area contributed by atoms with Gasteiger partial charge >= 0.3 is 0 Å². The first-order chi connectivity index (χ1) is 9.85. The van der Waals surface area contributed by atoms with Crippen molar-refractivity contribution >= 4 is 38.9 Å². The number of hydrogen-bond acceptors (Lipinski definition) is 6. The summed E-state index contributed by atoms with van der Waals surface area (Å²) < 4.78 is 24.4. The van der Waals surface area contributed by atoms with E-state index in [1.807, 2.05) is 0 Å². The number of rotatable bonds is 3. The first kappa shape index (κ1) is 16.0. The van der Waals surface area contributed by atoms with Crippen LogP contribution < -0.4 is 11.5 Å². The van der Waals surface area contributed by atoms with Crippen LogP contribution in [0.1, 0.15) is 17.3 Å². The van der Waals surface area contributed by atoms with Crippen LogP contribution in [0.2, 0.25) is 0 Å². The number of amides is 1. The largest absolute Gasteiger partial charge is 0.399 e. The van der Waals surface area contributed by atoms with Gasteiger partial charge in [-0.05, 0) is 18.2 Å². The minimum Gasteiger partial charge on any atom is -0.399 e. The molecule has 0 aliphatic carbocycles. The number of carbonyl (C=O) groups excluding carboxylic acids is 1. The minimum absolute atomic E-state index is 0.0150. The van der Waals surface area contributed by atoms with Gasteiger partial charge in [0.25, 0.3) is 5.91 Å². The van der Waals surface area contributed by atoms with Crippen LogP contribution in [0.15, 0.2) is 18.2 Å². The van der Waals surface area contributed by atoms with Crippen molar-refractivity contribution in [3.8, 4) is 0 Å². The predicted molar refractivity (Wildman–Crippen MR) is 86.9 cm³/mol. The van der Waals surface area contributed by atoms with Crippen molar-refractivity contribution in [3.05, 3.63) is 23.8 Å². The van der Waals surface area contributed by atoms with E-state index in [0.29, 0.717) is 29.2 Å². The molecule has 1 amide bonds. The second kappa shape index (κ2) is 6.15. The Morgan fingerprint density at radius 1 is 1.33 bits per heavy atom. The first-order valence-corrected chi connectivity index (χ1v) is 9.48. The molecule has 1 unspecified atom stereocenters. The van der Waals surface area contributed by atoms with Crippen molar-refractivity contribution in [2.24, 2.45) is 0 Å². The van der Waals surface area contributed by atoms with E-state index >= 15 is 0 Å². The Hall–Kier alpha value is -1.41. The molecule has 1 heterocycles.